The summed E-state index contributed by atoms with van der Waals surface area (Å²) in [6.07, 6.45) is 2.92. The van der Waals surface area contributed by atoms with E-state index >= 15 is 4.39 Å². The quantitative estimate of drug-likeness (QED) is 0.204. The molecule has 7 rings (SSSR count). The van der Waals surface area contributed by atoms with E-state index in [1.54, 1.807) is 34.3 Å². The van der Waals surface area contributed by atoms with Crippen molar-refractivity contribution in [2.75, 3.05) is 5.73 Å². The average Bonchev–Trinajstić information content (AvgIpc) is 3.62. The molecule has 1 aliphatic carbocycles. The van der Waals surface area contributed by atoms with Gasteiger partial charge in [0.05, 0.1) is 23.1 Å². The molecule has 1 aliphatic rings. The summed E-state index contributed by atoms with van der Waals surface area (Å²) in [5.74, 6) is -0.577. The van der Waals surface area contributed by atoms with Gasteiger partial charge in [0, 0.05) is 10.9 Å². The zero-order valence-corrected chi connectivity index (χ0v) is 24.7. The van der Waals surface area contributed by atoms with Gasteiger partial charge >= 0.3 is 0 Å². The summed E-state index contributed by atoms with van der Waals surface area (Å²) in [5, 5.41) is 7.41. The molecule has 8 nitrogen and oxygen atoms in total. The van der Waals surface area contributed by atoms with E-state index in [1.807, 2.05) is 19.9 Å². The van der Waals surface area contributed by atoms with E-state index < -0.39 is 17.7 Å². The van der Waals surface area contributed by atoms with Gasteiger partial charge in [-0.25, -0.2) is 23.4 Å². The molecule has 1 unspecified atom stereocenters. The minimum Gasteiger partial charge on any atom is -0.488 e. The molecule has 4 heterocycles. The highest BCUT2D eigenvalue weighted by atomic mass is 35.5. The van der Waals surface area contributed by atoms with E-state index in [-0.39, 0.29) is 34.3 Å². The Labute approximate surface area is 253 Å². The first-order valence-corrected chi connectivity index (χ1v) is 15.0. The van der Waals surface area contributed by atoms with Crippen molar-refractivity contribution in [1.29, 1.82) is 0 Å². The third kappa shape index (κ3) is 4.72. The number of benzene rings is 2. The summed E-state index contributed by atoms with van der Waals surface area (Å²) >= 11 is 7.76. The molecule has 0 radical (unpaired) electrons. The SMILES string of the molecule is CC(C)Oc1ccc(-c2nn(C(c3cc4scc(Cl)n4c(=O)c3-c3cccc(F)c3)C3CC3)c3ncnc(N)c23)cc1F. The van der Waals surface area contributed by atoms with Crippen LogP contribution in [0.5, 0.6) is 5.75 Å². The van der Waals surface area contributed by atoms with Gasteiger partial charge in [-0.15, -0.1) is 11.3 Å². The summed E-state index contributed by atoms with van der Waals surface area (Å²) in [7, 11) is 0. The lowest BCUT2D eigenvalue weighted by molar-refractivity contribution is 0.231. The van der Waals surface area contributed by atoms with Crippen LogP contribution in [0.25, 0.3) is 38.2 Å². The van der Waals surface area contributed by atoms with E-state index in [0.717, 1.165) is 12.8 Å². The van der Waals surface area contributed by atoms with Crippen LogP contribution < -0.4 is 16.0 Å². The number of halogens is 3. The Morgan fingerprint density at radius 2 is 1.91 bits per heavy atom. The Hall–Kier alpha value is -4.35. The molecule has 0 bridgehead atoms. The zero-order chi connectivity index (χ0) is 30.0. The lowest BCUT2D eigenvalue weighted by Crippen LogP contribution is -2.23. The standard InChI is InChI=1S/C31H25ClF2N6O2S/c1-15(2)42-22-9-8-18(11-21(22)34)27-26-29(35)36-14-37-30(26)40(38-27)28(16-6-7-16)20-12-24-39(23(32)13-43-24)31(41)25(20)17-4-3-5-19(33)10-17/h3-5,8-16,28H,6-7H2,1-2H3,(H2,35,36,37). The monoisotopic (exact) mass is 618 g/mol. The van der Waals surface area contributed by atoms with Crippen LogP contribution >= 0.6 is 22.9 Å². The third-order valence-corrected chi connectivity index (χ3v) is 8.84. The largest absolute Gasteiger partial charge is 0.488 e. The van der Waals surface area contributed by atoms with Crippen molar-refractivity contribution in [2.24, 2.45) is 5.92 Å². The van der Waals surface area contributed by atoms with Gasteiger partial charge in [-0.3, -0.25) is 9.20 Å². The minimum atomic E-state index is -0.537. The molecular formula is C31H25ClF2N6O2S. The van der Waals surface area contributed by atoms with Crippen LogP contribution in [0.3, 0.4) is 0 Å². The normalized spacial score (nSPS) is 14.2. The van der Waals surface area contributed by atoms with Crippen molar-refractivity contribution in [3.63, 3.8) is 0 Å². The Morgan fingerprint density at radius 1 is 1.09 bits per heavy atom. The van der Waals surface area contributed by atoms with Gasteiger partial charge in [0.25, 0.3) is 5.56 Å². The summed E-state index contributed by atoms with van der Waals surface area (Å²) in [4.78, 5) is 23.4. The van der Waals surface area contributed by atoms with Gasteiger partial charge in [-0.1, -0.05) is 23.7 Å². The van der Waals surface area contributed by atoms with E-state index in [0.29, 0.717) is 43.8 Å². The van der Waals surface area contributed by atoms with Crippen molar-refractivity contribution in [3.8, 4) is 28.1 Å². The van der Waals surface area contributed by atoms with Crippen LogP contribution in [-0.4, -0.2) is 30.3 Å². The number of anilines is 1. The van der Waals surface area contributed by atoms with Gasteiger partial charge in [0.2, 0.25) is 0 Å². The zero-order valence-electron chi connectivity index (χ0n) is 23.1. The minimum absolute atomic E-state index is 0.107. The fourth-order valence-corrected chi connectivity index (χ4v) is 6.77. The molecule has 2 aromatic carbocycles. The van der Waals surface area contributed by atoms with Gasteiger partial charge in [-0.05, 0) is 80.1 Å². The van der Waals surface area contributed by atoms with Gasteiger partial charge in [0.1, 0.15) is 33.6 Å². The molecule has 218 valence electrons. The summed E-state index contributed by atoms with van der Waals surface area (Å²) in [6, 6.07) is 12.0. The van der Waals surface area contributed by atoms with E-state index in [2.05, 4.69) is 9.97 Å². The Balaban J connectivity index is 1.49. The summed E-state index contributed by atoms with van der Waals surface area (Å²) in [6.45, 7) is 3.65. The molecule has 0 saturated heterocycles. The Kier molecular flexibility index (Phi) is 6.66. The maximum Gasteiger partial charge on any atom is 0.265 e. The van der Waals surface area contributed by atoms with Crippen LogP contribution in [0.15, 0.2) is 65.0 Å². The Morgan fingerprint density at radius 3 is 2.63 bits per heavy atom. The molecule has 0 aliphatic heterocycles. The lowest BCUT2D eigenvalue weighted by atomic mass is 9.93. The molecule has 2 N–H and O–H groups in total. The highest BCUT2D eigenvalue weighted by Gasteiger charge is 2.39. The number of hydrogen-bond acceptors (Lipinski definition) is 7. The van der Waals surface area contributed by atoms with Crippen LogP contribution in [0.4, 0.5) is 14.6 Å². The van der Waals surface area contributed by atoms with Crippen LogP contribution in [0.2, 0.25) is 5.15 Å². The molecule has 1 saturated carbocycles. The number of nitrogen functional groups attached to an aromatic ring is 1. The first-order chi connectivity index (χ1) is 20.7. The van der Waals surface area contributed by atoms with Crippen molar-refractivity contribution < 1.29 is 13.5 Å². The summed E-state index contributed by atoms with van der Waals surface area (Å²) in [5.41, 5.74) is 8.75. The van der Waals surface area contributed by atoms with Crippen LogP contribution in [0.1, 0.15) is 38.3 Å². The second-order valence-corrected chi connectivity index (χ2v) is 12.1. The first-order valence-electron chi connectivity index (χ1n) is 13.7. The van der Waals surface area contributed by atoms with Crippen molar-refractivity contribution >= 4 is 44.6 Å². The highest BCUT2D eigenvalue weighted by molar-refractivity contribution is 7.16. The molecule has 43 heavy (non-hydrogen) atoms. The fraction of sp³-hybridized carbons (Fsp3) is 0.226. The van der Waals surface area contributed by atoms with Crippen LogP contribution in [0, 0.1) is 17.6 Å². The lowest BCUT2D eigenvalue weighted by Gasteiger charge is -2.22. The Bertz CT molecular complexity index is 2100. The topological polar surface area (TPSA) is 100 Å². The van der Waals surface area contributed by atoms with E-state index in [9.17, 15) is 9.18 Å². The van der Waals surface area contributed by atoms with Crippen molar-refractivity contribution in [1.82, 2.24) is 24.1 Å². The van der Waals surface area contributed by atoms with E-state index in [4.69, 9.17) is 27.2 Å². The number of thiazole rings is 1. The number of nitrogens with zero attached hydrogens (tertiary/aromatic N) is 5. The molecular weight excluding hydrogens is 594 g/mol. The van der Waals surface area contributed by atoms with Crippen molar-refractivity contribution in [3.05, 3.63) is 92.9 Å². The predicted molar refractivity (Wildman–Crippen MR) is 164 cm³/mol. The third-order valence-electron chi connectivity index (χ3n) is 7.55. The summed E-state index contributed by atoms with van der Waals surface area (Å²) < 4.78 is 38.4. The maximum atomic E-state index is 15.1. The number of fused-ring (bicyclic) bond motifs is 2. The number of pyridine rings is 1. The molecule has 1 fully saturated rings. The first kappa shape index (κ1) is 27.5. The molecule has 4 aromatic heterocycles. The number of aromatic nitrogens is 5. The van der Waals surface area contributed by atoms with E-state index in [1.165, 1.54) is 40.3 Å². The molecule has 12 heteroatoms. The molecule has 6 aromatic rings. The molecule has 0 amide bonds. The second kappa shape index (κ2) is 10.4. The maximum absolute atomic E-state index is 15.1. The molecule has 0 spiro atoms. The molecule has 1 atom stereocenters. The number of hydrogen-bond donors (Lipinski definition) is 1. The van der Waals surface area contributed by atoms with Crippen LogP contribution in [-0.2, 0) is 0 Å². The van der Waals surface area contributed by atoms with Crippen molar-refractivity contribution in [2.45, 2.75) is 38.8 Å². The number of ether oxygens (including phenoxy) is 1. The van der Waals surface area contributed by atoms with Gasteiger partial charge in [0.15, 0.2) is 17.2 Å². The fourth-order valence-electron chi connectivity index (χ4n) is 5.61. The van der Waals surface area contributed by atoms with Gasteiger partial charge < -0.3 is 10.5 Å². The number of rotatable bonds is 7. The smallest absolute Gasteiger partial charge is 0.265 e. The highest BCUT2D eigenvalue weighted by Crippen LogP contribution is 2.48. The predicted octanol–water partition coefficient (Wildman–Crippen LogP) is 7.14. The number of nitrogens with two attached hydrogens (primary N) is 1. The second-order valence-electron chi connectivity index (χ2n) is 10.9. The average molecular weight is 619 g/mol. The van der Waals surface area contributed by atoms with Gasteiger partial charge in [-0.2, -0.15) is 5.10 Å².